The molecule has 0 unspecified atom stereocenters. The van der Waals surface area contributed by atoms with Crippen LogP contribution in [0.15, 0.2) is 34.2 Å². The van der Waals surface area contributed by atoms with E-state index in [1.165, 1.54) is 13.0 Å². The minimum Gasteiger partial charge on any atom is -0.454 e. The summed E-state index contributed by atoms with van der Waals surface area (Å²) in [6, 6.07) is 5.46. The third kappa shape index (κ3) is 3.87. The van der Waals surface area contributed by atoms with Gasteiger partial charge in [0.1, 0.15) is 11.9 Å². The molecule has 2 aliphatic heterocycles. The van der Waals surface area contributed by atoms with Gasteiger partial charge in [0.2, 0.25) is 0 Å². The van der Waals surface area contributed by atoms with E-state index in [2.05, 4.69) is 9.71 Å². The van der Waals surface area contributed by atoms with Crippen LogP contribution in [-0.2, 0) is 24.3 Å². The monoisotopic (exact) mass is 379 g/mol. The molecule has 140 valence electrons. The Labute approximate surface area is 152 Å². The average Bonchev–Trinajstić information content (AvgIpc) is 2.90. The zero-order valence-electron chi connectivity index (χ0n) is 14.5. The number of likely N-dealkylation sites (tertiary alicyclic amines) is 1. The van der Waals surface area contributed by atoms with Crippen LogP contribution in [0.5, 0.6) is 0 Å². The van der Waals surface area contributed by atoms with Gasteiger partial charge in [-0.1, -0.05) is 12.1 Å². The molecule has 0 saturated carbocycles. The van der Waals surface area contributed by atoms with Gasteiger partial charge in [0.05, 0.1) is 4.90 Å². The van der Waals surface area contributed by atoms with Gasteiger partial charge in [-0.2, -0.15) is 0 Å². The fraction of sp³-hybridized carbons (Fsp3) is 0.471. The van der Waals surface area contributed by atoms with Gasteiger partial charge in [-0.25, -0.2) is 13.2 Å². The van der Waals surface area contributed by atoms with E-state index in [9.17, 15) is 18.0 Å². The lowest BCUT2D eigenvalue weighted by molar-refractivity contribution is -0.153. The molecule has 1 aromatic carbocycles. The highest BCUT2D eigenvalue weighted by Crippen LogP contribution is 2.22. The van der Waals surface area contributed by atoms with Gasteiger partial charge < -0.3 is 9.64 Å². The number of aliphatic imine (C=N–C) groups is 1. The summed E-state index contributed by atoms with van der Waals surface area (Å²) in [7, 11) is -3.66. The predicted octanol–water partition coefficient (Wildman–Crippen LogP) is 0.669. The van der Waals surface area contributed by atoms with E-state index in [1.54, 1.807) is 23.1 Å². The molecule has 26 heavy (non-hydrogen) atoms. The first-order chi connectivity index (χ1) is 12.4. The minimum absolute atomic E-state index is 0.104. The molecule has 0 spiro atoms. The van der Waals surface area contributed by atoms with Crippen molar-refractivity contribution in [1.29, 1.82) is 0 Å². The van der Waals surface area contributed by atoms with Crippen molar-refractivity contribution in [2.75, 3.05) is 19.7 Å². The van der Waals surface area contributed by atoms with Crippen molar-refractivity contribution in [3.8, 4) is 0 Å². The van der Waals surface area contributed by atoms with E-state index in [0.29, 0.717) is 18.7 Å². The number of nitrogens with one attached hydrogen (secondary N) is 1. The molecule has 0 bridgehead atoms. The molecule has 0 radical (unpaired) electrons. The van der Waals surface area contributed by atoms with Crippen molar-refractivity contribution in [2.45, 2.75) is 37.1 Å². The van der Waals surface area contributed by atoms with Gasteiger partial charge in [-0.15, -0.1) is 0 Å². The van der Waals surface area contributed by atoms with Crippen LogP contribution in [0.3, 0.4) is 0 Å². The van der Waals surface area contributed by atoms with E-state index >= 15 is 0 Å². The summed E-state index contributed by atoms with van der Waals surface area (Å²) in [6.45, 7) is 2.55. The highest BCUT2D eigenvalue weighted by molar-refractivity contribution is 7.90. The maximum Gasteiger partial charge on any atom is 0.331 e. The van der Waals surface area contributed by atoms with Crippen LogP contribution in [0, 0.1) is 0 Å². The zero-order chi connectivity index (χ0) is 18.7. The Kier molecular flexibility index (Phi) is 5.26. The van der Waals surface area contributed by atoms with E-state index in [1.807, 2.05) is 0 Å². The van der Waals surface area contributed by atoms with Crippen molar-refractivity contribution < 1.29 is 22.7 Å². The van der Waals surface area contributed by atoms with Crippen LogP contribution in [0.25, 0.3) is 0 Å². The molecule has 0 aromatic heterocycles. The largest absolute Gasteiger partial charge is 0.454 e. The van der Waals surface area contributed by atoms with Gasteiger partial charge in [0, 0.05) is 18.7 Å². The van der Waals surface area contributed by atoms with Gasteiger partial charge in [-0.05, 0) is 38.3 Å². The van der Waals surface area contributed by atoms with E-state index < -0.39 is 22.0 Å². The maximum atomic E-state index is 12.1. The fourth-order valence-corrected chi connectivity index (χ4v) is 4.20. The summed E-state index contributed by atoms with van der Waals surface area (Å²) in [5.74, 6) is -0.788. The van der Waals surface area contributed by atoms with E-state index in [4.69, 9.17) is 4.74 Å². The van der Waals surface area contributed by atoms with Crippen molar-refractivity contribution in [3.05, 3.63) is 29.8 Å². The minimum atomic E-state index is -3.66. The number of carbonyl (C=O) groups excluding carboxylic acids is 2. The first-order valence-electron chi connectivity index (χ1n) is 8.53. The van der Waals surface area contributed by atoms with Crippen molar-refractivity contribution in [2.24, 2.45) is 4.99 Å². The van der Waals surface area contributed by atoms with Crippen molar-refractivity contribution >= 4 is 27.7 Å². The molecular formula is C17H21N3O5S. The predicted molar refractivity (Wildman–Crippen MR) is 94.2 cm³/mol. The number of fused-ring (bicyclic) bond motifs is 1. The van der Waals surface area contributed by atoms with E-state index in [-0.39, 0.29) is 23.2 Å². The standard InChI is InChI=1S/C17H21N3O5S/c1-12(17(22)25-11-15(21)20-9-5-2-6-10-20)18-16-13-7-3-4-8-14(13)26(23,24)19-16/h3-4,7-8,12H,2,5-6,9-11H2,1H3,(H,18,19)/t12-/m0/s1. The number of amidine groups is 1. The number of hydrogen-bond acceptors (Lipinski definition) is 6. The number of amides is 1. The van der Waals surface area contributed by atoms with Crippen LogP contribution >= 0.6 is 0 Å². The summed E-state index contributed by atoms with van der Waals surface area (Å²) in [6.07, 6.45) is 3.03. The topological polar surface area (TPSA) is 105 Å². The lowest BCUT2D eigenvalue weighted by atomic mass is 10.1. The molecule has 8 nitrogen and oxygen atoms in total. The van der Waals surface area contributed by atoms with Gasteiger partial charge in [-0.3, -0.25) is 14.5 Å². The Morgan fingerprint density at radius 3 is 2.65 bits per heavy atom. The molecule has 1 saturated heterocycles. The Morgan fingerprint density at radius 1 is 1.23 bits per heavy atom. The van der Waals surface area contributed by atoms with Crippen molar-refractivity contribution in [1.82, 2.24) is 9.62 Å². The number of ether oxygens (including phenoxy) is 1. The second kappa shape index (κ2) is 7.45. The third-order valence-electron chi connectivity index (χ3n) is 4.37. The number of hydrogen-bond donors (Lipinski definition) is 1. The number of benzene rings is 1. The average molecular weight is 379 g/mol. The molecule has 2 heterocycles. The van der Waals surface area contributed by atoms with E-state index in [0.717, 1.165) is 19.3 Å². The quantitative estimate of drug-likeness (QED) is 0.774. The number of nitrogens with zero attached hydrogens (tertiary/aromatic N) is 2. The second-order valence-electron chi connectivity index (χ2n) is 6.30. The first kappa shape index (κ1) is 18.4. The summed E-state index contributed by atoms with van der Waals surface area (Å²) in [5.41, 5.74) is 0.413. The summed E-state index contributed by atoms with van der Waals surface area (Å²) < 4.78 is 31.5. The SMILES string of the molecule is C[C@H](N=C1NS(=O)(=O)c2ccccc21)C(=O)OCC(=O)N1CCCCC1. The van der Waals surface area contributed by atoms with Crippen LogP contribution < -0.4 is 4.72 Å². The molecule has 9 heteroatoms. The molecule has 0 aliphatic carbocycles. The molecule has 1 N–H and O–H groups in total. The Balaban J connectivity index is 1.63. The highest BCUT2D eigenvalue weighted by atomic mass is 32.2. The highest BCUT2D eigenvalue weighted by Gasteiger charge is 2.31. The normalized spacial score (nSPS) is 21.0. The number of esters is 1. The summed E-state index contributed by atoms with van der Waals surface area (Å²) in [4.78, 5) is 30.1. The second-order valence-corrected chi connectivity index (χ2v) is 7.96. The number of sulfonamides is 1. The lowest BCUT2D eigenvalue weighted by Gasteiger charge is -2.26. The number of piperidine rings is 1. The first-order valence-corrected chi connectivity index (χ1v) is 10.0. The van der Waals surface area contributed by atoms with Gasteiger partial charge in [0.25, 0.3) is 15.9 Å². The molecular weight excluding hydrogens is 358 g/mol. The van der Waals surface area contributed by atoms with Gasteiger partial charge >= 0.3 is 5.97 Å². The maximum absolute atomic E-state index is 12.1. The van der Waals surface area contributed by atoms with Crippen LogP contribution in [0.1, 0.15) is 31.7 Å². The summed E-state index contributed by atoms with van der Waals surface area (Å²) >= 11 is 0. The number of rotatable bonds is 4. The molecule has 1 atom stereocenters. The Morgan fingerprint density at radius 2 is 1.92 bits per heavy atom. The zero-order valence-corrected chi connectivity index (χ0v) is 15.3. The summed E-state index contributed by atoms with van der Waals surface area (Å²) in [5, 5.41) is 0. The van der Waals surface area contributed by atoms with Crippen LogP contribution in [0.2, 0.25) is 0 Å². The molecule has 1 fully saturated rings. The van der Waals surface area contributed by atoms with Crippen LogP contribution in [-0.4, -0.2) is 56.8 Å². The Hall–Kier alpha value is -2.42. The molecule has 2 aliphatic rings. The number of carbonyl (C=O) groups is 2. The van der Waals surface area contributed by atoms with Crippen LogP contribution in [0.4, 0.5) is 0 Å². The Bertz CT molecular complexity index is 844. The fourth-order valence-electron chi connectivity index (χ4n) is 2.96. The third-order valence-corrected chi connectivity index (χ3v) is 5.77. The van der Waals surface area contributed by atoms with Crippen molar-refractivity contribution in [3.63, 3.8) is 0 Å². The molecule has 3 rings (SSSR count). The van der Waals surface area contributed by atoms with Gasteiger partial charge in [0.15, 0.2) is 6.61 Å². The lowest BCUT2D eigenvalue weighted by Crippen LogP contribution is -2.39. The smallest absolute Gasteiger partial charge is 0.331 e. The molecule has 1 aromatic rings. The molecule has 1 amide bonds.